The Kier molecular flexibility index (Phi) is 12.0. The number of aromatic nitrogens is 2. The summed E-state index contributed by atoms with van der Waals surface area (Å²) in [5, 5.41) is 34.9. The van der Waals surface area contributed by atoms with E-state index >= 15 is 0 Å². The van der Waals surface area contributed by atoms with E-state index in [1.807, 2.05) is 0 Å². The number of carbonyl (C=O) groups excluding carboxylic acids is 4. The Bertz CT molecular complexity index is 936. The molecule has 4 amide bonds. The van der Waals surface area contributed by atoms with Gasteiger partial charge in [0.1, 0.15) is 18.1 Å². The Labute approximate surface area is 205 Å². The Hall–Kier alpha value is -4.05. The number of carbonyl (C=O) groups is 6. The van der Waals surface area contributed by atoms with Gasteiger partial charge >= 0.3 is 11.9 Å². The van der Waals surface area contributed by atoms with Gasteiger partial charge in [0.05, 0.1) is 18.5 Å². The molecule has 200 valence electrons. The van der Waals surface area contributed by atoms with Gasteiger partial charge < -0.3 is 47.7 Å². The van der Waals surface area contributed by atoms with Gasteiger partial charge in [-0.15, -0.1) is 0 Å². The van der Waals surface area contributed by atoms with Crippen LogP contribution in [0.25, 0.3) is 0 Å². The number of carboxylic acid groups (broad SMARTS) is 2. The van der Waals surface area contributed by atoms with E-state index in [4.69, 9.17) is 16.6 Å². The molecule has 5 atom stereocenters. The maximum absolute atomic E-state index is 12.9. The van der Waals surface area contributed by atoms with E-state index < -0.39 is 78.7 Å². The number of imidazole rings is 1. The highest BCUT2D eigenvalue weighted by molar-refractivity contribution is 5.94. The zero-order valence-electron chi connectivity index (χ0n) is 19.5. The number of amides is 4. The topological polar surface area (TPSA) is 280 Å². The normalized spacial score (nSPS) is 15.0. The van der Waals surface area contributed by atoms with Crippen molar-refractivity contribution in [3.63, 3.8) is 0 Å². The van der Waals surface area contributed by atoms with E-state index in [2.05, 4.69) is 25.9 Å². The van der Waals surface area contributed by atoms with Gasteiger partial charge in [-0.25, -0.2) is 9.78 Å². The number of nitrogens with one attached hydrogen (secondary N) is 4. The fraction of sp³-hybridized carbons (Fsp3) is 0.550. The molecule has 16 nitrogen and oxygen atoms in total. The van der Waals surface area contributed by atoms with E-state index in [0.29, 0.717) is 5.69 Å². The van der Waals surface area contributed by atoms with Crippen LogP contribution in [0.2, 0.25) is 0 Å². The standard InChI is InChI=1S/C20H31N7O9/c1-9(28)16(27-17(32)11(21)2-4-14(22)29)19(34)26-13(6-10-7-23-8-24-10)18(33)25-12(20(35)36)3-5-15(30)31/h7-9,11-13,16,28H,2-6,21H2,1H3,(H2,22,29)(H,23,24)(H,25,33)(H,26,34)(H,27,32)(H,30,31)(H,35,36). The molecule has 0 fully saturated rings. The molecule has 0 aliphatic carbocycles. The highest BCUT2D eigenvalue weighted by atomic mass is 16.4. The number of nitrogens with two attached hydrogens (primary N) is 2. The number of aliphatic hydroxyl groups is 1. The largest absolute Gasteiger partial charge is 0.481 e. The summed E-state index contributed by atoms with van der Waals surface area (Å²) in [5.74, 6) is -6.22. The lowest BCUT2D eigenvalue weighted by atomic mass is 10.1. The molecule has 0 radical (unpaired) electrons. The van der Waals surface area contributed by atoms with Gasteiger partial charge in [-0.2, -0.15) is 0 Å². The van der Waals surface area contributed by atoms with Gasteiger partial charge in [-0.3, -0.25) is 24.0 Å². The van der Waals surface area contributed by atoms with E-state index in [9.17, 15) is 39.0 Å². The molecule has 36 heavy (non-hydrogen) atoms. The minimum absolute atomic E-state index is 0.104. The van der Waals surface area contributed by atoms with Crippen molar-refractivity contribution in [2.24, 2.45) is 11.5 Å². The van der Waals surface area contributed by atoms with Gasteiger partial charge in [-0.1, -0.05) is 0 Å². The summed E-state index contributed by atoms with van der Waals surface area (Å²) in [4.78, 5) is 77.7. The third-order valence-corrected chi connectivity index (χ3v) is 4.97. The molecule has 16 heteroatoms. The first-order valence-corrected chi connectivity index (χ1v) is 10.9. The SMILES string of the molecule is CC(O)C(NC(=O)C(N)CCC(N)=O)C(=O)NC(Cc1cnc[nH]1)C(=O)NC(CCC(=O)O)C(=O)O. The van der Waals surface area contributed by atoms with Crippen molar-refractivity contribution in [1.82, 2.24) is 25.9 Å². The number of aliphatic carboxylic acids is 2. The lowest BCUT2D eigenvalue weighted by Gasteiger charge is -2.26. The second-order valence-corrected chi connectivity index (χ2v) is 8.01. The first-order valence-electron chi connectivity index (χ1n) is 10.9. The molecule has 1 heterocycles. The van der Waals surface area contributed by atoms with Crippen molar-refractivity contribution in [3.05, 3.63) is 18.2 Å². The number of carboxylic acids is 2. The number of nitrogens with zero attached hydrogens (tertiary/aromatic N) is 1. The lowest BCUT2D eigenvalue weighted by Crippen LogP contribution is -2.60. The Morgan fingerprint density at radius 2 is 1.61 bits per heavy atom. The van der Waals surface area contributed by atoms with Crippen LogP contribution in [0.15, 0.2) is 12.5 Å². The zero-order chi connectivity index (χ0) is 27.4. The summed E-state index contributed by atoms with van der Waals surface area (Å²) in [7, 11) is 0. The summed E-state index contributed by atoms with van der Waals surface area (Å²) >= 11 is 0. The zero-order valence-corrected chi connectivity index (χ0v) is 19.5. The van der Waals surface area contributed by atoms with Gasteiger partial charge in [0, 0.05) is 31.2 Å². The molecule has 0 saturated carbocycles. The predicted molar refractivity (Wildman–Crippen MR) is 121 cm³/mol. The molecule has 1 aromatic rings. The number of aliphatic hydroxyl groups excluding tert-OH is 1. The van der Waals surface area contributed by atoms with E-state index in [0.717, 1.165) is 0 Å². The monoisotopic (exact) mass is 513 g/mol. The van der Waals surface area contributed by atoms with Crippen molar-refractivity contribution in [2.75, 3.05) is 0 Å². The van der Waals surface area contributed by atoms with Crippen LogP contribution in [0.3, 0.4) is 0 Å². The lowest BCUT2D eigenvalue weighted by molar-refractivity contribution is -0.143. The number of H-pyrrole nitrogens is 1. The van der Waals surface area contributed by atoms with Gasteiger partial charge in [0.2, 0.25) is 23.6 Å². The first-order chi connectivity index (χ1) is 16.8. The van der Waals surface area contributed by atoms with E-state index in [1.165, 1.54) is 19.4 Å². The smallest absolute Gasteiger partial charge is 0.326 e. The van der Waals surface area contributed by atoms with E-state index in [1.54, 1.807) is 0 Å². The molecule has 0 bridgehead atoms. The summed E-state index contributed by atoms with van der Waals surface area (Å²) in [6, 6.07) is -5.71. The number of hydrogen-bond acceptors (Lipinski definition) is 9. The third kappa shape index (κ3) is 10.5. The predicted octanol–water partition coefficient (Wildman–Crippen LogP) is -3.67. The minimum Gasteiger partial charge on any atom is -0.481 e. The molecule has 11 N–H and O–H groups in total. The van der Waals surface area contributed by atoms with Crippen LogP contribution in [-0.4, -0.2) is 91.1 Å². The fourth-order valence-corrected chi connectivity index (χ4v) is 2.98. The molecule has 0 aliphatic rings. The molecule has 0 aromatic carbocycles. The Balaban J connectivity index is 3.01. The number of aromatic amines is 1. The third-order valence-electron chi connectivity index (χ3n) is 4.97. The van der Waals surface area contributed by atoms with Crippen LogP contribution >= 0.6 is 0 Å². The van der Waals surface area contributed by atoms with Crippen molar-refractivity contribution in [2.45, 2.75) is 69.3 Å². The molecule has 0 saturated heterocycles. The first kappa shape index (κ1) is 30.0. The van der Waals surface area contributed by atoms with Crippen molar-refractivity contribution < 1.29 is 44.1 Å². The minimum atomic E-state index is -1.56. The molecule has 0 aliphatic heterocycles. The second-order valence-electron chi connectivity index (χ2n) is 8.01. The maximum Gasteiger partial charge on any atom is 0.326 e. The van der Waals surface area contributed by atoms with Gasteiger partial charge in [0.15, 0.2) is 0 Å². The number of hydrogen-bond donors (Lipinski definition) is 9. The average Bonchev–Trinajstić information content (AvgIpc) is 3.30. The molecule has 5 unspecified atom stereocenters. The molecular formula is C20H31N7O9. The van der Waals surface area contributed by atoms with Gasteiger partial charge in [0.25, 0.3) is 0 Å². The summed E-state index contributed by atoms with van der Waals surface area (Å²) in [5.41, 5.74) is 11.1. The van der Waals surface area contributed by atoms with Crippen LogP contribution in [0.1, 0.15) is 38.3 Å². The fourth-order valence-electron chi connectivity index (χ4n) is 2.98. The molecule has 1 aromatic heterocycles. The summed E-state index contributed by atoms with van der Waals surface area (Å²) in [6.45, 7) is 1.20. The van der Waals surface area contributed by atoms with Crippen LogP contribution < -0.4 is 27.4 Å². The van der Waals surface area contributed by atoms with Crippen molar-refractivity contribution in [1.29, 1.82) is 0 Å². The summed E-state index contributed by atoms with van der Waals surface area (Å²) in [6.07, 6.45) is -0.163. The molecule has 1 rings (SSSR count). The van der Waals surface area contributed by atoms with Crippen LogP contribution in [0, 0.1) is 0 Å². The van der Waals surface area contributed by atoms with Crippen molar-refractivity contribution in [3.8, 4) is 0 Å². The number of rotatable bonds is 16. The average molecular weight is 514 g/mol. The molecule has 0 spiro atoms. The van der Waals surface area contributed by atoms with Crippen LogP contribution in [-0.2, 0) is 35.2 Å². The summed E-state index contributed by atoms with van der Waals surface area (Å²) < 4.78 is 0. The highest BCUT2D eigenvalue weighted by Gasteiger charge is 2.33. The van der Waals surface area contributed by atoms with Crippen LogP contribution in [0.4, 0.5) is 0 Å². The number of primary amides is 1. The van der Waals surface area contributed by atoms with Crippen molar-refractivity contribution >= 4 is 35.6 Å². The maximum atomic E-state index is 12.9. The van der Waals surface area contributed by atoms with E-state index in [-0.39, 0.29) is 19.3 Å². The highest BCUT2D eigenvalue weighted by Crippen LogP contribution is 2.05. The Morgan fingerprint density at radius 1 is 0.972 bits per heavy atom. The second kappa shape index (κ2) is 14.4. The van der Waals surface area contributed by atoms with Crippen LogP contribution in [0.5, 0.6) is 0 Å². The Morgan fingerprint density at radius 3 is 2.11 bits per heavy atom. The quantitative estimate of drug-likeness (QED) is 0.104. The molecular weight excluding hydrogens is 482 g/mol. The van der Waals surface area contributed by atoms with Gasteiger partial charge in [-0.05, 0) is 19.8 Å².